The van der Waals surface area contributed by atoms with Crippen LogP contribution < -0.4 is 5.32 Å². The molecule has 0 unspecified atom stereocenters. The number of hydrogen-bond donors (Lipinski definition) is 1. The molecule has 1 amide bonds. The zero-order valence-corrected chi connectivity index (χ0v) is 16.7. The lowest BCUT2D eigenvalue weighted by Crippen LogP contribution is -2.16. The Balaban J connectivity index is 1.84. The Labute approximate surface area is 167 Å². The molecule has 0 fully saturated rings. The number of amides is 1. The van der Waals surface area contributed by atoms with Crippen molar-refractivity contribution in [1.29, 1.82) is 0 Å². The third kappa shape index (κ3) is 4.27. The Kier molecular flexibility index (Phi) is 6.31. The van der Waals surface area contributed by atoms with E-state index in [1.807, 2.05) is 23.6 Å². The summed E-state index contributed by atoms with van der Waals surface area (Å²) in [6.07, 6.45) is 1.69. The van der Waals surface area contributed by atoms with Crippen molar-refractivity contribution in [2.75, 3.05) is 18.2 Å². The van der Waals surface area contributed by atoms with Gasteiger partial charge in [0.05, 0.1) is 12.9 Å². The number of hydrogen-bond acceptors (Lipinski definition) is 7. The molecule has 0 atom stereocenters. The lowest BCUT2D eigenvalue weighted by Gasteiger charge is -2.08. The van der Waals surface area contributed by atoms with Crippen LogP contribution in [0.4, 0.5) is 5.00 Å². The van der Waals surface area contributed by atoms with Crippen LogP contribution in [-0.4, -0.2) is 29.7 Å². The standard InChI is InChI=1S/C17H13ClN2O3S3/c1-23-16(22)14-11(10-4-2-3-5-12(10)18)8-25-15(14)20-13(21)9-26-17-19-6-7-24-17/h2-8H,9H2,1H3,(H,20,21). The number of carbonyl (C=O) groups excluding carboxylic acids is 2. The molecule has 1 aromatic carbocycles. The van der Waals surface area contributed by atoms with Gasteiger partial charge in [-0.25, -0.2) is 9.78 Å². The molecule has 0 aliphatic heterocycles. The second kappa shape index (κ2) is 8.68. The van der Waals surface area contributed by atoms with Crippen LogP contribution in [0.15, 0.2) is 45.6 Å². The minimum Gasteiger partial charge on any atom is -0.465 e. The Hall–Kier alpha value is -1.87. The van der Waals surface area contributed by atoms with Gasteiger partial charge in [0, 0.05) is 33.1 Å². The van der Waals surface area contributed by atoms with Crippen LogP contribution in [0.25, 0.3) is 11.1 Å². The number of ether oxygens (including phenoxy) is 1. The van der Waals surface area contributed by atoms with Crippen molar-refractivity contribution in [1.82, 2.24) is 4.98 Å². The fourth-order valence-corrected chi connectivity index (χ4v) is 4.84. The Bertz CT molecular complexity index is 925. The third-order valence-corrected chi connectivity index (χ3v) is 6.52. The average molecular weight is 425 g/mol. The van der Waals surface area contributed by atoms with Gasteiger partial charge in [-0.3, -0.25) is 4.79 Å². The topological polar surface area (TPSA) is 68.3 Å². The van der Waals surface area contributed by atoms with Crippen LogP contribution in [0.3, 0.4) is 0 Å². The molecule has 134 valence electrons. The summed E-state index contributed by atoms with van der Waals surface area (Å²) in [7, 11) is 1.31. The van der Waals surface area contributed by atoms with Gasteiger partial charge in [0.25, 0.3) is 0 Å². The van der Waals surface area contributed by atoms with Crippen LogP contribution in [0.5, 0.6) is 0 Å². The fourth-order valence-electron chi connectivity index (χ4n) is 2.20. The van der Waals surface area contributed by atoms with E-state index in [0.717, 1.165) is 4.34 Å². The first-order valence-corrected chi connectivity index (χ1v) is 10.5. The highest BCUT2D eigenvalue weighted by Gasteiger charge is 2.23. The summed E-state index contributed by atoms with van der Waals surface area (Å²) < 4.78 is 5.71. The third-order valence-electron chi connectivity index (χ3n) is 3.33. The highest BCUT2D eigenvalue weighted by molar-refractivity contribution is 8.01. The number of rotatable bonds is 6. The molecule has 0 radical (unpaired) electrons. The first-order valence-electron chi connectivity index (χ1n) is 7.37. The molecule has 0 saturated heterocycles. The molecule has 0 bridgehead atoms. The first-order chi connectivity index (χ1) is 12.6. The maximum Gasteiger partial charge on any atom is 0.341 e. The fraction of sp³-hybridized carbons (Fsp3) is 0.118. The number of anilines is 1. The number of carbonyl (C=O) groups is 2. The van der Waals surface area contributed by atoms with Crippen molar-refractivity contribution in [3.63, 3.8) is 0 Å². The predicted octanol–water partition coefficient (Wildman–Crippen LogP) is 5.04. The second-order valence-electron chi connectivity index (χ2n) is 4.96. The molecule has 2 heterocycles. The van der Waals surface area contributed by atoms with Gasteiger partial charge in [-0.1, -0.05) is 41.6 Å². The van der Waals surface area contributed by atoms with Crippen LogP contribution in [0, 0.1) is 0 Å². The number of benzene rings is 1. The molecule has 0 spiro atoms. The molecule has 2 aromatic heterocycles. The van der Waals surface area contributed by atoms with Gasteiger partial charge in [-0.05, 0) is 6.07 Å². The Morgan fingerprint density at radius 3 is 2.77 bits per heavy atom. The van der Waals surface area contributed by atoms with Gasteiger partial charge in [0.2, 0.25) is 5.91 Å². The van der Waals surface area contributed by atoms with E-state index in [1.54, 1.807) is 17.6 Å². The quantitative estimate of drug-likeness (QED) is 0.443. The van der Waals surface area contributed by atoms with Gasteiger partial charge in [-0.2, -0.15) is 0 Å². The summed E-state index contributed by atoms with van der Waals surface area (Å²) in [6.45, 7) is 0. The number of thiophene rings is 1. The van der Waals surface area contributed by atoms with Crippen molar-refractivity contribution in [2.45, 2.75) is 4.34 Å². The average Bonchev–Trinajstić information content (AvgIpc) is 3.29. The van der Waals surface area contributed by atoms with Crippen LogP contribution in [0.2, 0.25) is 5.02 Å². The molecular formula is C17H13ClN2O3S3. The summed E-state index contributed by atoms with van der Waals surface area (Å²) in [5.74, 6) is -0.542. The van der Waals surface area contributed by atoms with Gasteiger partial charge < -0.3 is 10.1 Å². The molecule has 3 aromatic rings. The largest absolute Gasteiger partial charge is 0.465 e. The zero-order valence-electron chi connectivity index (χ0n) is 13.5. The van der Waals surface area contributed by atoms with E-state index in [0.29, 0.717) is 26.7 Å². The molecular weight excluding hydrogens is 412 g/mol. The number of nitrogens with zero attached hydrogens (tertiary/aromatic N) is 1. The number of methoxy groups -OCH3 is 1. The van der Waals surface area contributed by atoms with Crippen molar-refractivity contribution < 1.29 is 14.3 Å². The minimum atomic E-state index is -0.524. The molecule has 3 rings (SSSR count). The molecule has 5 nitrogen and oxygen atoms in total. The smallest absolute Gasteiger partial charge is 0.341 e. The van der Waals surface area contributed by atoms with Crippen molar-refractivity contribution >= 4 is 62.9 Å². The van der Waals surface area contributed by atoms with E-state index in [2.05, 4.69) is 10.3 Å². The van der Waals surface area contributed by atoms with E-state index < -0.39 is 5.97 Å². The highest BCUT2D eigenvalue weighted by Crippen LogP contribution is 2.39. The van der Waals surface area contributed by atoms with Crippen molar-refractivity contribution in [3.8, 4) is 11.1 Å². The normalized spacial score (nSPS) is 10.5. The minimum absolute atomic E-state index is 0.202. The highest BCUT2D eigenvalue weighted by atomic mass is 35.5. The summed E-state index contributed by atoms with van der Waals surface area (Å²) in [4.78, 5) is 28.7. The molecule has 0 aliphatic rings. The van der Waals surface area contributed by atoms with Crippen LogP contribution in [-0.2, 0) is 9.53 Å². The SMILES string of the molecule is COC(=O)c1c(-c2ccccc2Cl)csc1NC(=O)CSc1nccs1. The monoisotopic (exact) mass is 424 g/mol. The maximum absolute atomic E-state index is 12.3. The number of esters is 1. The number of halogens is 1. The van der Waals surface area contributed by atoms with Crippen molar-refractivity contribution in [3.05, 3.63) is 51.8 Å². The molecule has 1 N–H and O–H groups in total. The van der Waals surface area contributed by atoms with E-state index in [-0.39, 0.29) is 11.7 Å². The second-order valence-corrected chi connectivity index (χ2v) is 8.36. The predicted molar refractivity (Wildman–Crippen MR) is 108 cm³/mol. The van der Waals surface area contributed by atoms with E-state index >= 15 is 0 Å². The summed E-state index contributed by atoms with van der Waals surface area (Å²) >= 11 is 10.3. The van der Waals surface area contributed by atoms with Crippen molar-refractivity contribution in [2.24, 2.45) is 0 Å². The number of aromatic nitrogens is 1. The first kappa shape index (κ1) is 18.9. The van der Waals surface area contributed by atoms with Crippen LogP contribution >= 0.6 is 46.0 Å². The maximum atomic E-state index is 12.3. The van der Waals surface area contributed by atoms with Gasteiger partial charge in [0.15, 0.2) is 0 Å². The van der Waals surface area contributed by atoms with Gasteiger partial charge >= 0.3 is 5.97 Å². The number of nitrogens with one attached hydrogen (secondary N) is 1. The molecule has 0 aliphatic carbocycles. The molecule has 9 heteroatoms. The Morgan fingerprint density at radius 2 is 2.08 bits per heavy atom. The summed E-state index contributed by atoms with van der Waals surface area (Å²) in [5.41, 5.74) is 1.65. The summed E-state index contributed by atoms with van der Waals surface area (Å²) in [6, 6.07) is 7.22. The van der Waals surface area contributed by atoms with Gasteiger partial charge in [-0.15, -0.1) is 22.7 Å². The number of thiazole rings is 1. The number of thioether (sulfide) groups is 1. The molecule has 26 heavy (non-hydrogen) atoms. The Morgan fingerprint density at radius 1 is 1.27 bits per heavy atom. The zero-order chi connectivity index (χ0) is 18.5. The lowest BCUT2D eigenvalue weighted by molar-refractivity contribution is -0.113. The summed E-state index contributed by atoms with van der Waals surface area (Å²) in [5, 5.41) is 7.39. The van der Waals surface area contributed by atoms with E-state index in [4.69, 9.17) is 16.3 Å². The van der Waals surface area contributed by atoms with E-state index in [9.17, 15) is 9.59 Å². The van der Waals surface area contributed by atoms with E-state index in [1.165, 1.54) is 41.5 Å². The van der Waals surface area contributed by atoms with Crippen LogP contribution in [0.1, 0.15) is 10.4 Å². The lowest BCUT2D eigenvalue weighted by atomic mass is 10.0. The molecule has 0 saturated carbocycles. The van der Waals surface area contributed by atoms with Gasteiger partial charge in [0.1, 0.15) is 14.9 Å².